The summed E-state index contributed by atoms with van der Waals surface area (Å²) < 4.78 is 6.43. The number of ether oxygens (including phenoxy) is 1. The van der Waals surface area contributed by atoms with Crippen molar-refractivity contribution in [2.45, 2.75) is 74.5 Å². The van der Waals surface area contributed by atoms with Gasteiger partial charge < -0.3 is 19.9 Å². The van der Waals surface area contributed by atoms with E-state index in [1.54, 1.807) is 6.08 Å². The molecule has 7 atom stereocenters. The van der Waals surface area contributed by atoms with Gasteiger partial charge in [-0.3, -0.25) is 9.69 Å². The molecular formula is C32H36N4O2. The molecule has 6 nitrogen and oxygen atoms in total. The highest BCUT2D eigenvalue weighted by molar-refractivity contribution is 5.89. The second-order valence-electron chi connectivity index (χ2n) is 12.5. The maximum atomic E-state index is 13.9. The number of fused-ring (bicyclic) bond motifs is 1. The van der Waals surface area contributed by atoms with Crippen molar-refractivity contribution in [1.29, 1.82) is 0 Å². The summed E-state index contributed by atoms with van der Waals surface area (Å²) in [4.78, 5) is 21.3. The van der Waals surface area contributed by atoms with E-state index in [0.29, 0.717) is 0 Å². The number of nitrogens with one attached hydrogen (secondary N) is 1. The van der Waals surface area contributed by atoms with Crippen LogP contribution in [0.3, 0.4) is 0 Å². The summed E-state index contributed by atoms with van der Waals surface area (Å²) in [5.41, 5.74) is 6.27. The molecule has 196 valence electrons. The van der Waals surface area contributed by atoms with Gasteiger partial charge in [-0.1, -0.05) is 48.6 Å². The van der Waals surface area contributed by atoms with Gasteiger partial charge in [0.05, 0.1) is 23.2 Å². The Hall–Kier alpha value is -3.09. The van der Waals surface area contributed by atoms with Crippen molar-refractivity contribution < 1.29 is 9.53 Å². The first-order chi connectivity index (χ1) is 18.4. The van der Waals surface area contributed by atoms with Gasteiger partial charge in [-0.05, 0) is 62.4 Å². The van der Waals surface area contributed by atoms with Crippen molar-refractivity contribution in [3.63, 3.8) is 0 Å². The van der Waals surface area contributed by atoms with E-state index in [1.807, 2.05) is 25.2 Å². The highest BCUT2D eigenvalue weighted by Gasteiger charge is 2.77. The number of epoxide rings is 1. The average Bonchev–Trinajstić information content (AvgIpc) is 3.31. The minimum absolute atomic E-state index is 0.0403. The Morgan fingerprint density at radius 3 is 2.63 bits per heavy atom. The Labute approximate surface area is 224 Å². The van der Waals surface area contributed by atoms with Gasteiger partial charge in [-0.15, -0.1) is 0 Å². The van der Waals surface area contributed by atoms with Crippen molar-refractivity contribution in [2.75, 3.05) is 30.4 Å². The predicted molar refractivity (Wildman–Crippen MR) is 149 cm³/mol. The zero-order valence-electron chi connectivity index (χ0n) is 22.6. The van der Waals surface area contributed by atoms with Crippen LogP contribution in [-0.2, 0) is 20.4 Å². The lowest BCUT2D eigenvalue weighted by atomic mass is 9.50. The maximum Gasteiger partial charge on any atom is 0.247 e. The van der Waals surface area contributed by atoms with Crippen LogP contribution in [0.2, 0.25) is 0 Å². The third kappa shape index (κ3) is 2.45. The third-order valence-corrected chi connectivity index (χ3v) is 10.7. The second kappa shape index (κ2) is 7.30. The first-order valence-corrected chi connectivity index (χ1v) is 14.1. The molecule has 6 heteroatoms. The summed E-state index contributed by atoms with van der Waals surface area (Å²) in [6.45, 7) is 8.10. The van der Waals surface area contributed by atoms with Gasteiger partial charge >= 0.3 is 0 Å². The van der Waals surface area contributed by atoms with Gasteiger partial charge in [0.1, 0.15) is 12.3 Å². The number of para-hydroxylation sites is 1. The number of benzene rings is 2. The molecule has 8 rings (SSSR count). The number of anilines is 2. The van der Waals surface area contributed by atoms with Crippen LogP contribution in [0, 0.1) is 0 Å². The molecule has 0 aromatic heterocycles. The van der Waals surface area contributed by atoms with Crippen LogP contribution in [0.4, 0.5) is 11.4 Å². The molecule has 1 N–H and O–H groups in total. The monoisotopic (exact) mass is 508 g/mol. The molecule has 38 heavy (non-hydrogen) atoms. The summed E-state index contributed by atoms with van der Waals surface area (Å²) >= 11 is 0. The number of nitrogens with zero attached hydrogens (tertiary/aromatic N) is 3. The molecular weight excluding hydrogens is 472 g/mol. The molecule has 6 heterocycles. The van der Waals surface area contributed by atoms with Crippen molar-refractivity contribution in [1.82, 2.24) is 9.80 Å². The summed E-state index contributed by atoms with van der Waals surface area (Å²) in [6, 6.07) is 15.9. The van der Waals surface area contributed by atoms with E-state index in [0.717, 1.165) is 25.9 Å². The van der Waals surface area contributed by atoms with Crippen LogP contribution in [0.25, 0.3) is 0 Å². The lowest BCUT2D eigenvalue weighted by molar-refractivity contribution is -0.137. The molecule has 6 aliphatic heterocycles. The van der Waals surface area contributed by atoms with E-state index in [2.05, 4.69) is 83.4 Å². The first-order valence-electron chi connectivity index (χ1n) is 14.1. The molecule has 6 aliphatic rings. The molecule has 0 radical (unpaired) electrons. The molecule has 2 aromatic carbocycles. The van der Waals surface area contributed by atoms with Crippen LogP contribution < -0.4 is 10.2 Å². The quantitative estimate of drug-likeness (QED) is 0.370. The van der Waals surface area contributed by atoms with Crippen molar-refractivity contribution in [3.05, 3.63) is 83.5 Å². The van der Waals surface area contributed by atoms with Gasteiger partial charge in [0.2, 0.25) is 5.91 Å². The lowest BCUT2D eigenvalue weighted by Crippen LogP contribution is -2.73. The number of hydrogen-bond donors (Lipinski definition) is 1. The fraction of sp³-hybridized carbons (Fsp3) is 0.469. The Balaban J connectivity index is 1.44. The number of amides is 1. The number of likely N-dealkylation sites (N-methyl/N-ethyl adjacent to an activating group) is 1. The zero-order valence-corrected chi connectivity index (χ0v) is 22.6. The molecule has 3 saturated heterocycles. The lowest BCUT2D eigenvalue weighted by Gasteiger charge is -2.62. The van der Waals surface area contributed by atoms with Crippen LogP contribution >= 0.6 is 0 Å². The zero-order chi connectivity index (χ0) is 26.0. The molecule has 0 aliphatic carbocycles. The van der Waals surface area contributed by atoms with E-state index in [-0.39, 0.29) is 46.8 Å². The number of carbonyl (C=O) groups excluding carboxylic acids is 1. The topological polar surface area (TPSA) is 51.4 Å². The highest BCUT2D eigenvalue weighted by Crippen LogP contribution is 2.72. The molecule has 2 aromatic rings. The Morgan fingerprint density at radius 2 is 1.84 bits per heavy atom. The van der Waals surface area contributed by atoms with Gasteiger partial charge in [-0.2, -0.15) is 0 Å². The smallest absolute Gasteiger partial charge is 0.247 e. The largest absolute Gasteiger partial charge is 0.365 e. The average molecular weight is 509 g/mol. The fourth-order valence-corrected chi connectivity index (χ4v) is 9.30. The first kappa shape index (κ1) is 22.9. The molecule has 1 amide bonds. The Bertz CT molecular complexity index is 1430. The van der Waals surface area contributed by atoms with E-state index in [4.69, 9.17) is 4.74 Å². The molecule has 0 saturated carbocycles. The van der Waals surface area contributed by atoms with Crippen molar-refractivity contribution >= 4 is 17.3 Å². The van der Waals surface area contributed by atoms with Crippen LogP contribution in [0.15, 0.2) is 66.8 Å². The minimum atomic E-state index is -0.217. The number of rotatable bonds is 3. The van der Waals surface area contributed by atoms with Gasteiger partial charge in [0.15, 0.2) is 0 Å². The molecule has 2 bridgehead atoms. The van der Waals surface area contributed by atoms with Crippen molar-refractivity contribution in [3.8, 4) is 0 Å². The number of likely N-dealkylation sites (tertiary alicyclic amines) is 1. The third-order valence-electron chi connectivity index (χ3n) is 10.7. The molecule has 7 unspecified atom stereocenters. The Kier molecular flexibility index (Phi) is 4.39. The molecule has 3 fully saturated rings. The summed E-state index contributed by atoms with van der Waals surface area (Å²) in [6.07, 6.45) is 9.76. The fourth-order valence-electron chi connectivity index (χ4n) is 9.30. The SMILES string of the molecule is C/C=C/C=C/C(=O)N1CCC23c4ccccc4NC4N(C)c5cccc6c5C42CCN(C6C2OC2(C)C)C13. The summed E-state index contributed by atoms with van der Waals surface area (Å²) in [7, 11) is 2.25. The van der Waals surface area contributed by atoms with Gasteiger partial charge in [0.25, 0.3) is 0 Å². The van der Waals surface area contributed by atoms with E-state index >= 15 is 0 Å². The van der Waals surface area contributed by atoms with Crippen LogP contribution in [0.5, 0.6) is 0 Å². The summed E-state index contributed by atoms with van der Waals surface area (Å²) in [5, 5.41) is 4.01. The number of hydrogen-bond acceptors (Lipinski definition) is 5. The maximum absolute atomic E-state index is 13.9. The van der Waals surface area contributed by atoms with Crippen LogP contribution in [0.1, 0.15) is 56.3 Å². The van der Waals surface area contributed by atoms with Gasteiger partial charge in [0, 0.05) is 43.0 Å². The summed E-state index contributed by atoms with van der Waals surface area (Å²) in [5.74, 6) is 0.104. The van der Waals surface area contributed by atoms with E-state index in [9.17, 15) is 4.79 Å². The number of allylic oxidation sites excluding steroid dienone is 3. The van der Waals surface area contributed by atoms with E-state index < -0.39 is 0 Å². The predicted octanol–water partition coefficient (Wildman–Crippen LogP) is 4.69. The Morgan fingerprint density at radius 1 is 1.05 bits per heavy atom. The number of piperidine rings is 1. The second-order valence-corrected chi connectivity index (χ2v) is 12.5. The van der Waals surface area contributed by atoms with Crippen LogP contribution in [-0.4, -0.2) is 59.9 Å². The van der Waals surface area contributed by atoms with Crippen molar-refractivity contribution in [2.24, 2.45) is 0 Å². The minimum Gasteiger partial charge on any atom is -0.365 e. The normalized spacial score (nSPS) is 38.7. The van der Waals surface area contributed by atoms with Gasteiger partial charge in [-0.25, -0.2) is 0 Å². The highest BCUT2D eigenvalue weighted by atomic mass is 16.6. The van der Waals surface area contributed by atoms with E-state index in [1.165, 1.54) is 28.1 Å². The number of carbonyl (C=O) groups is 1. The molecule has 2 spiro atoms. The standard InChI is InChI=1S/C32H36N4O2/c1-5-6-7-15-24(37)35-18-16-31-21-12-8-9-13-22(21)33-28-32(31)17-19-36(29(31)35)26(27-30(2,3)38-27)20-11-10-14-23(25(20)32)34(28)4/h5-15,26-29,33H,16-19H2,1-4H3/b6-5+,15-7+.